The van der Waals surface area contributed by atoms with Crippen LogP contribution in [0.2, 0.25) is 0 Å². The monoisotopic (exact) mass is 518 g/mol. The van der Waals surface area contributed by atoms with Crippen molar-refractivity contribution >= 4 is 22.9 Å². The van der Waals surface area contributed by atoms with Crippen molar-refractivity contribution in [1.82, 2.24) is 25.1 Å². The molecular formula is C24H25F3N6O4. The Morgan fingerprint density at radius 1 is 1.19 bits per heavy atom. The Labute approximate surface area is 208 Å². The number of hydrogen-bond acceptors (Lipinski definition) is 8. The number of rotatable bonds is 3. The van der Waals surface area contributed by atoms with E-state index in [1.165, 1.54) is 0 Å². The number of anilines is 1. The van der Waals surface area contributed by atoms with Gasteiger partial charge in [-0.1, -0.05) is 0 Å². The minimum atomic E-state index is -5.08. The van der Waals surface area contributed by atoms with E-state index in [1.54, 1.807) is 12.3 Å². The number of pyridine rings is 1. The summed E-state index contributed by atoms with van der Waals surface area (Å²) in [6.45, 7) is 5.68. The maximum atomic E-state index is 10.6. The molecule has 1 aromatic carbocycles. The number of phenolic OH excluding ortho intramolecular Hbond substituents is 1. The van der Waals surface area contributed by atoms with Crippen molar-refractivity contribution in [2.24, 2.45) is 0 Å². The zero-order chi connectivity index (χ0) is 26.9. The lowest BCUT2D eigenvalue weighted by Gasteiger charge is -2.22. The molecule has 196 valence electrons. The number of hydrogen-bond donors (Lipinski definition) is 4. The molecule has 1 fully saturated rings. The minimum absolute atomic E-state index is 0.229. The Kier molecular flexibility index (Phi) is 7.07. The van der Waals surface area contributed by atoms with Gasteiger partial charge in [0.1, 0.15) is 17.1 Å². The molecule has 0 atom stereocenters. The number of halogens is 3. The fourth-order valence-electron chi connectivity index (χ4n) is 4.05. The van der Waals surface area contributed by atoms with E-state index in [0.717, 1.165) is 42.6 Å². The summed E-state index contributed by atoms with van der Waals surface area (Å²) in [6.07, 6.45) is 2.72. The van der Waals surface area contributed by atoms with E-state index in [1.807, 2.05) is 30.8 Å². The molecule has 5 N–H and O–H groups in total. The number of benzene rings is 1. The largest absolute Gasteiger partial charge is 0.507 e. The van der Waals surface area contributed by atoms with Crippen LogP contribution < -0.4 is 11.1 Å². The molecule has 13 heteroatoms. The van der Waals surface area contributed by atoms with Crippen molar-refractivity contribution in [2.75, 3.05) is 18.8 Å². The predicted octanol–water partition coefficient (Wildman–Crippen LogP) is 4.22. The summed E-state index contributed by atoms with van der Waals surface area (Å²) in [5.41, 5.74) is 11.3. The topological polar surface area (TPSA) is 152 Å². The number of carboxylic acids is 1. The molecule has 0 bridgehead atoms. The number of nitrogens with two attached hydrogens (primary N) is 1. The lowest BCUT2D eigenvalue weighted by Crippen LogP contribution is -2.29. The van der Waals surface area contributed by atoms with Crippen LogP contribution >= 0.6 is 0 Å². The Morgan fingerprint density at radius 3 is 2.51 bits per heavy atom. The first-order chi connectivity index (χ1) is 17.5. The molecule has 0 spiro atoms. The van der Waals surface area contributed by atoms with Crippen molar-refractivity contribution in [1.29, 1.82) is 0 Å². The molecule has 1 saturated heterocycles. The first-order valence-corrected chi connectivity index (χ1v) is 11.4. The number of aromatic nitrogens is 4. The van der Waals surface area contributed by atoms with Crippen LogP contribution in [0.15, 0.2) is 35.1 Å². The molecule has 10 nitrogen and oxygen atoms in total. The highest BCUT2D eigenvalue weighted by Crippen LogP contribution is 2.35. The van der Waals surface area contributed by atoms with Crippen LogP contribution in [0.4, 0.5) is 19.0 Å². The van der Waals surface area contributed by atoms with Crippen molar-refractivity contribution < 1.29 is 32.6 Å². The molecule has 5 rings (SSSR count). The number of nitrogens with zero attached hydrogens (tertiary/aromatic N) is 4. The number of alkyl halides is 3. The summed E-state index contributed by atoms with van der Waals surface area (Å²) < 4.78 is 39.8. The quantitative estimate of drug-likeness (QED) is 0.312. The average molecular weight is 518 g/mol. The van der Waals surface area contributed by atoms with E-state index in [-0.39, 0.29) is 5.75 Å². The number of piperidine rings is 1. The van der Waals surface area contributed by atoms with Gasteiger partial charge < -0.3 is 25.7 Å². The highest BCUT2D eigenvalue weighted by Gasteiger charge is 2.38. The van der Waals surface area contributed by atoms with Crippen LogP contribution in [0.3, 0.4) is 0 Å². The molecule has 0 aliphatic carbocycles. The van der Waals surface area contributed by atoms with Gasteiger partial charge in [0.2, 0.25) is 5.89 Å². The van der Waals surface area contributed by atoms with Crippen LogP contribution in [-0.4, -0.2) is 55.2 Å². The van der Waals surface area contributed by atoms with Crippen LogP contribution in [0.5, 0.6) is 5.75 Å². The van der Waals surface area contributed by atoms with Gasteiger partial charge in [-0.3, -0.25) is 4.68 Å². The molecule has 0 amide bonds. The summed E-state index contributed by atoms with van der Waals surface area (Å²) in [7, 11) is 0. The average Bonchev–Trinajstić information content (AvgIpc) is 3.51. The SMILES string of the molecule is Cc1cc2oc(-c3cc(-c4cnn(C5CCNCC5)c4)cnc3N)nc2c(C)c1O.O=C(O)C(F)(F)F. The number of nitrogen functional groups attached to an aromatic ring is 1. The number of fused-ring (bicyclic) bond motifs is 1. The van der Waals surface area contributed by atoms with Gasteiger partial charge >= 0.3 is 12.1 Å². The maximum absolute atomic E-state index is 10.6. The lowest BCUT2D eigenvalue weighted by molar-refractivity contribution is -0.192. The van der Waals surface area contributed by atoms with Crippen LogP contribution in [0, 0.1) is 13.8 Å². The smallest absolute Gasteiger partial charge is 0.490 e. The molecule has 4 aromatic rings. The third-order valence-corrected chi connectivity index (χ3v) is 6.09. The summed E-state index contributed by atoms with van der Waals surface area (Å²) in [5.74, 6) is -1.80. The van der Waals surface area contributed by atoms with Gasteiger partial charge in [0, 0.05) is 29.1 Å². The number of aryl methyl sites for hydroxylation is 2. The number of nitrogens with one attached hydrogen (secondary N) is 1. The van der Waals surface area contributed by atoms with Gasteiger partial charge in [-0.05, 0) is 57.5 Å². The van der Waals surface area contributed by atoms with Gasteiger partial charge in [0.25, 0.3) is 0 Å². The Bertz CT molecular complexity index is 1440. The number of oxazole rings is 1. The van der Waals surface area contributed by atoms with Crippen LogP contribution in [-0.2, 0) is 4.79 Å². The van der Waals surface area contributed by atoms with Crippen molar-refractivity contribution in [3.05, 3.63) is 41.9 Å². The maximum Gasteiger partial charge on any atom is 0.490 e. The fraction of sp³-hybridized carbons (Fsp3) is 0.333. The van der Waals surface area contributed by atoms with Crippen LogP contribution in [0.1, 0.15) is 30.0 Å². The molecule has 37 heavy (non-hydrogen) atoms. The zero-order valence-electron chi connectivity index (χ0n) is 20.0. The number of phenols is 1. The van der Waals surface area contributed by atoms with Gasteiger partial charge in [-0.2, -0.15) is 18.3 Å². The molecular weight excluding hydrogens is 493 g/mol. The van der Waals surface area contributed by atoms with E-state index in [9.17, 15) is 18.3 Å². The van der Waals surface area contributed by atoms with Gasteiger partial charge in [-0.25, -0.2) is 14.8 Å². The molecule has 1 aliphatic rings. The van der Waals surface area contributed by atoms with Gasteiger partial charge in [0.05, 0.1) is 17.8 Å². The highest BCUT2D eigenvalue weighted by atomic mass is 19.4. The van der Waals surface area contributed by atoms with E-state index in [0.29, 0.717) is 40.0 Å². The Hall–Kier alpha value is -4.13. The van der Waals surface area contributed by atoms with E-state index in [4.69, 9.17) is 20.1 Å². The standard InChI is InChI=1S/C22H24N6O2.C2HF3O2/c1-12-7-18-19(13(2)20(12)29)27-22(30-18)17-8-14(9-25-21(17)23)15-10-26-28(11-15)16-3-5-24-6-4-16;3-2(4,5)1(6)7/h7-11,16,24,29H,3-6H2,1-2H3,(H2,23,25);(H,6,7). The Balaban J connectivity index is 0.000000405. The second kappa shape index (κ2) is 10.1. The normalized spacial score (nSPS) is 14.4. The number of aliphatic carboxylic acids is 1. The molecule has 3 aromatic heterocycles. The summed E-state index contributed by atoms with van der Waals surface area (Å²) in [6, 6.07) is 4.13. The highest BCUT2D eigenvalue weighted by molar-refractivity contribution is 5.85. The Morgan fingerprint density at radius 2 is 1.86 bits per heavy atom. The fourth-order valence-corrected chi connectivity index (χ4v) is 4.05. The molecule has 0 unspecified atom stereocenters. The first kappa shape index (κ1) is 25.9. The van der Waals surface area contributed by atoms with Crippen molar-refractivity contribution in [3.8, 4) is 28.3 Å². The van der Waals surface area contributed by atoms with Crippen molar-refractivity contribution in [3.63, 3.8) is 0 Å². The zero-order valence-corrected chi connectivity index (χ0v) is 20.0. The second-order valence-corrected chi connectivity index (χ2v) is 8.68. The van der Waals surface area contributed by atoms with Crippen LogP contribution in [0.25, 0.3) is 33.7 Å². The predicted molar refractivity (Wildman–Crippen MR) is 129 cm³/mol. The third-order valence-electron chi connectivity index (χ3n) is 6.09. The van der Waals surface area contributed by atoms with E-state index in [2.05, 4.69) is 26.6 Å². The molecule has 4 heterocycles. The van der Waals surface area contributed by atoms with Gasteiger partial charge in [0.15, 0.2) is 5.58 Å². The number of carboxylic acid groups (broad SMARTS) is 1. The van der Waals surface area contributed by atoms with Crippen molar-refractivity contribution in [2.45, 2.75) is 38.9 Å². The number of aromatic hydroxyl groups is 1. The second-order valence-electron chi connectivity index (χ2n) is 8.68. The van der Waals surface area contributed by atoms with Gasteiger partial charge in [-0.15, -0.1) is 0 Å². The summed E-state index contributed by atoms with van der Waals surface area (Å²) in [4.78, 5) is 17.8. The van der Waals surface area contributed by atoms with E-state index < -0.39 is 12.1 Å². The molecule has 0 saturated carbocycles. The minimum Gasteiger partial charge on any atom is -0.507 e. The van der Waals surface area contributed by atoms with E-state index >= 15 is 0 Å². The molecule has 1 aliphatic heterocycles. The first-order valence-electron chi connectivity index (χ1n) is 11.4. The number of carbonyl (C=O) groups is 1. The summed E-state index contributed by atoms with van der Waals surface area (Å²) >= 11 is 0. The third kappa shape index (κ3) is 5.50. The summed E-state index contributed by atoms with van der Waals surface area (Å²) in [5, 5.41) is 25.3. The molecule has 0 radical (unpaired) electrons. The lowest BCUT2D eigenvalue weighted by atomic mass is 10.1.